The molecule has 0 aliphatic carbocycles. The molecule has 1 aliphatic heterocycles. The summed E-state index contributed by atoms with van der Waals surface area (Å²) in [7, 11) is 3.41. The molecule has 1 saturated heterocycles. The first-order valence-corrected chi connectivity index (χ1v) is 8.19. The monoisotopic (exact) mass is 340 g/mol. The molecule has 0 aromatic carbocycles. The van der Waals surface area contributed by atoms with Gasteiger partial charge in [-0.25, -0.2) is 0 Å². The molecule has 0 spiro atoms. The minimum absolute atomic E-state index is 0.107. The van der Waals surface area contributed by atoms with Crippen LogP contribution in [0.3, 0.4) is 0 Å². The van der Waals surface area contributed by atoms with Gasteiger partial charge in [-0.1, -0.05) is 0 Å². The van der Waals surface area contributed by atoms with Gasteiger partial charge in [0, 0.05) is 44.9 Å². The number of hydrogen-bond donors (Lipinski definition) is 0. The lowest BCUT2D eigenvalue weighted by Gasteiger charge is -2.22. The Hall–Kier alpha value is -2.58. The molecule has 3 aromatic heterocycles. The van der Waals surface area contributed by atoms with Gasteiger partial charge in [0.25, 0.3) is 0 Å². The second-order valence-corrected chi connectivity index (χ2v) is 6.09. The molecule has 1 aliphatic rings. The Morgan fingerprint density at radius 3 is 3.00 bits per heavy atom. The fourth-order valence-electron chi connectivity index (χ4n) is 3.35. The maximum Gasteiger partial charge on any atom is 0.179 e. The number of rotatable bonds is 5. The second-order valence-electron chi connectivity index (χ2n) is 6.09. The fraction of sp³-hybridized carbons (Fsp3) is 0.412. The van der Waals surface area contributed by atoms with Gasteiger partial charge in [-0.15, -0.1) is 10.2 Å². The number of pyridine rings is 1. The van der Waals surface area contributed by atoms with Crippen LogP contribution in [0.5, 0.6) is 5.75 Å². The third kappa shape index (κ3) is 3.06. The highest BCUT2D eigenvalue weighted by atomic mass is 16.5. The summed E-state index contributed by atoms with van der Waals surface area (Å²) in [5, 5.41) is 8.63. The molecule has 0 radical (unpaired) electrons. The van der Waals surface area contributed by atoms with E-state index in [1.807, 2.05) is 22.7 Å². The van der Waals surface area contributed by atoms with E-state index >= 15 is 0 Å². The first-order chi connectivity index (χ1) is 12.3. The van der Waals surface area contributed by atoms with E-state index in [2.05, 4.69) is 25.1 Å². The average Bonchev–Trinajstić information content (AvgIpc) is 3.25. The van der Waals surface area contributed by atoms with Crippen LogP contribution in [-0.4, -0.2) is 56.3 Å². The largest absolute Gasteiger partial charge is 0.497 e. The van der Waals surface area contributed by atoms with Crippen molar-refractivity contribution >= 4 is 5.65 Å². The topological polar surface area (TPSA) is 77.7 Å². The molecule has 25 heavy (non-hydrogen) atoms. The predicted molar refractivity (Wildman–Crippen MR) is 90.1 cm³/mol. The van der Waals surface area contributed by atoms with Gasteiger partial charge < -0.3 is 9.47 Å². The number of hydrogen-bond acceptors (Lipinski definition) is 7. The Bertz CT molecular complexity index is 867. The number of methoxy groups -OCH3 is 2. The van der Waals surface area contributed by atoms with Crippen LogP contribution in [0.4, 0.5) is 0 Å². The van der Waals surface area contributed by atoms with Crippen molar-refractivity contribution in [1.29, 1.82) is 0 Å². The Kier molecular flexibility index (Phi) is 4.29. The van der Waals surface area contributed by atoms with Crippen LogP contribution in [0.25, 0.3) is 5.65 Å². The summed E-state index contributed by atoms with van der Waals surface area (Å²) in [6, 6.07) is 3.92. The van der Waals surface area contributed by atoms with Gasteiger partial charge in [0.1, 0.15) is 5.75 Å². The molecule has 3 aromatic rings. The number of likely N-dealkylation sites (tertiary alicyclic amines) is 1. The lowest BCUT2D eigenvalue weighted by atomic mass is 10.2. The highest BCUT2D eigenvalue weighted by Crippen LogP contribution is 2.33. The van der Waals surface area contributed by atoms with Gasteiger partial charge in [0.2, 0.25) is 0 Å². The van der Waals surface area contributed by atoms with Gasteiger partial charge in [-0.3, -0.25) is 19.3 Å². The van der Waals surface area contributed by atoms with Gasteiger partial charge in [0.05, 0.1) is 31.1 Å². The Balaban J connectivity index is 1.64. The van der Waals surface area contributed by atoms with Crippen LogP contribution in [0.2, 0.25) is 0 Å². The Morgan fingerprint density at radius 2 is 2.16 bits per heavy atom. The van der Waals surface area contributed by atoms with E-state index in [1.165, 1.54) is 0 Å². The summed E-state index contributed by atoms with van der Waals surface area (Å²) < 4.78 is 12.9. The minimum atomic E-state index is 0.107. The SMILES string of the molecule is COc1ccnc(CN2C[C@H](OC)C[C@H]2c2nnc3cnccn23)c1. The van der Waals surface area contributed by atoms with Crippen molar-refractivity contribution in [3.8, 4) is 5.75 Å². The van der Waals surface area contributed by atoms with Crippen molar-refractivity contribution < 1.29 is 9.47 Å². The third-order valence-corrected chi connectivity index (χ3v) is 4.63. The standard InChI is InChI=1S/C17H20N6O2/c1-24-13-3-4-19-12(7-13)10-22-11-14(25-2)8-15(22)17-21-20-16-9-18-5-6-23(16)17/h3-7,9,14-15H,8,10-11H2,1-2H3/t14-,15+/m1/s1. The van der Waals surface area contributed by atoms with E-state index in [1.54, 1.807) is 32.8 Å². The first-order valence-electron chi connectivity index (χ1n) is 8.19. The van der Waals surface area contributed by atoms with Gasteiger partial charge in [-0.2, -0.15) is 0 Å². The summed E-state index contributed by atoms with van der Waals surface area (Å²) in [6.45, 7) is 1.52. The smallest absolute Gasteiger partial charge is 0.179 e. The summed E-state index contributed by atoms with van der Waals surface area (Å²) >= 11 is 0. The molecule has 4 rings (SSSR count). The maximum atomic E-state index is 5.61. The molecule has 0 saturated carbocycles. The summed E-state index contributed by atoms with van der Waals surface area (Å²) in [4.78, 5) is 10.9. The van der Waals surface area contributed by atoms with E-state index in [0.717, 1.165) is 35.9 Å². The molecule has 0 N–H and O–H groups in total. The third-order valence-electron chi connectivity index (χ3n) is 4.63. The van der Waals surface area contributed by atoms with E-state index < -0.39 is 0 Å². The molecular formula is C17H20N6O2. The van der Waals surface area contributed by atoms with E-state index in [0.29, 0.717) is 6.54 Å². The Labute approximate surface area is 145 Å². The molecule has 130 valence electrons. The second kappa shape index (κ2) is 6.73. The lowest BCUT2D eigenvalue weighted by Crippen LogP contribution is -2.26. The first kappa shape index (κ1) is 15.9. The van der Waals surface area contributed by atoms with E-state index in [-0.39, 0.29) is 12.1 Å². The van der Waals surface area contributed by atoms with Crippen LogP contribution >= 0.6 is 0 Å². The van der Waals surface area contributed by atoms with Gasteiger partial charge in [-0.05, 0) is 12.5 Å². The van der Waals surface area contributed by atoms with Crippen molar-refractivity contribution in [3.63, 3.8) is 0 Å². The normalized spacial score (nSPS) is 21.0. The molecule has 8 nitrogen and oxygen atoms in total. The zero-order valence-electron chi connectivity index (χ0n) is 14.2. The van der Waals surface area contributed by atoms with Crippen molar-refractivity contribution in [2.45, 2.75) is 25.1 Å². The average molecular weight is 340 g/mol. The van der Waals surface area contributed by atoms with Crippen molar-refractivity contribution in [2.24, 2.45) is 0 Å². The Morgan fingerprint density at radius 1 is 1.24 bits per heavy atom. The molecule has 1 fully saturated rings. The van der Waals surface area contributed by atoms with Crippen molar-refractivity contribution in [1.82, 2.24) is 29.5 Å². The molecular weight excluding hydrogens is 320 g/mol. The maximum absolute atomic E-state index is 5.61. The van der Waals surface area contributed by atoms with E-state index in [9.17, 15) is 0 Å². The van der Waals surface area contributed by atoms with Crippen LogP contribution in [-0.2, 0) is 11.3 Å². The summed E-state index contributed by atoms with van der Waals surface area (Å²) in [5.41, 5.74) is 1.70. The fourth-order valence-corrected chi connectivity index (χ4v) is 3.35. The number of nitrogens with zero attached hydrogens (tertiary/aromatic N) is 6. The molecule has 4 heterocycles. The number of aromatic nitrogens is 5. The van der Waals surface area contributed by atoms with Crippen LogP contribution in [0.15, 0.2) is 36.9 Å². The van der Waals surface area contributed by atoms with Gasteiger partial charge >= 0.3 is 0 Å². The van der Waals surface area contributed by atoms with Crippen molar-refractivity contribution in [3.05, 3.63) is 48.4 Å². The van der Waals surface area contributed by atoms with E-state index in [4.69, 9.17) is 9.47 Å². The van der Waals surface area contributed by atoms with Crippen LogP contribution in [0, 0.1) is 0 Å². The summed E-state index contributed by atoms with van der Waals surface area (Å²) in [5.74, 6) is 1.71. The number of ether oxygens (including phenoxy) is 2. The van der Waals surface area contributed by atoms with Gasteiger partial charge in [0.15, 0.2) is 11.5 Å². The lowest BCUT2D eigenvalue weighted by molar-refractivity contribution is 0.107. The zero-order valence-corrected chi connectivity index (χ0v) is 14.2. The van der Waals surface area contributed by atoms with Crippen LogP contribution < -0.4 is 4.74 Å². The molecule has 0 unspecified atom stereocenters. The molecule has 0 amide bonds. The molecule has 2 atom stereocenters. The predicted octanol–water partition coefficient (Wildman–Crippen LogP) is 1.49. The van der Waals surface area contributed by atoms with Crippen molar-refractivity contribution in [2.75, 3.05) is 20.8 Å². The zero-order chi connectivity index (χ0) is 17.2. The number of fused-ring (bicyclic) bond motifs is 1. The highest BCUT2D eigenvalue weighted by molar-refractivity contribution is 5.34. The summed E-state index contributed by atoms with van der Waals surface area (Å²) in [6.07, 6.45) is 8.15. The molecule has 8 heteroatoms. The quantitative estimate of drug-likeness (QED) is 0.696. The highest BCUT2D eigenvalue weighted by Gasteiger charge is 2.36. The van der Waals surface area contributed by atoms with Crippen LogP contribution in [0.1, 0.15) is 24.0 Å². The molecule has 0 bridgehead atoms. The minimum Gasteiger partial charge on any atom is -0.497 e.